The molecule has 1 unspecified atom stereocenters. The standard InChI is InChI=1S/C26H24N4O2/c1-26(2)25(31)24(19-14-17(15-27)12-13-22(19)32-26)30(18-8-4-3-5-9-18)16-23-28-20-10-6-7-11-21(20)29-23/h3-14,24-25,31H,16H2,1-2H3,(H,28,29)/t24?,25-/m1/s1. The second-order valence-corrected chi connectivity index (χ2v) is 8.62. The molecule has 4 aromatic rings. The van der Waals surface area contributed by atoms with E-state index >= 15 is 0 Å². The largest absolute Gasteiger partial charge is 0.485 e. The molecule has 5 rings (SSSR count). The quantitative estimate of drug-likeness (QED) is 0.495. The third kappa shape index (κ3) is 3.47. The molecule has 6 nitrogen and oxygen atoms in total. The summed E-state index contributed by atoms with van der Waals surface area (Å²) >= 11 is 0. The minimum Gasteiger partial charge on any atom is -0.485 e. The molecular weight excluding hydrogens is 400 g/mol. The number of aromatic amines is 1. The van der Waals surface area contributed by atoms with Gasteiger partial charge < -0.3 is 19.7 Å². The molecule has 3 aromatic carbocycles. The topological polar surface area (TPSA) is 85.2 Å². The summed E-state index contributed by atoms with van der Waals surface area (Å²) in [5.41, 5.74) is 3.32. The summed E-state index contributed by atoms with van der Waals surface area (Å²) in [7, 11) is 0. The molecule has 2 heterocycles. The van der Waals surface area contributed by atoms with Crippen molar-refractivity contribution in [1.29, 1.82) is 5.26 Å². The van der Waals surface area contributed by atoms with Crippen molar-refractivity contribution in [2.75, 3.05) is 4.90 Å². The van der Waals surface area contributed by atoms with Crippen LogP contribution in [-0.4, -0.2) is 26.8 Å². The number of H-pyrrole nitrogens is 1. The van der Waals surface area contributed by atoms with Gasteiger partial charge in [0.15, 0.2) is 0 Å². The molecule has 2 atom stereocenters. The number of hydrogen-bond donors (Lipinski definition) is 2. The van der Waals surface area contributed by atoms with Gasteiger partial charge in [-0.25, -0.2) is 4.98 Å². The zero-order chi connectivity index (χ0) is 22.3. The van der Waals surface area contributed by atoms with Crippen LogP contribution in [0, 0.1) is 11.3 Å². The van der Waals surface area contributed by atoms with E-state index in [0.29, 0.717) is 17.9 Å². The molecule has 0 saturated carbocycles. The van der Waals surface area contributed by atoms with Gasteiger partial charge in [-0.15, -0.1) is 0 Å². The number of benzene rings is 3. The molecule has 160 valence electrons. The minimum atomic E-state index is -0.839. The molecule has 0 saturated heterocycles. The summed E-state index contributed by atoms with van der Waals surface area (Å²) in [6, 6.07) is 25.0. The number of rotatable bonds is 4. The van der Waals surface area contributed by atoms with E-state index < -0.39 is 17.7 Å². The van der Waals surface area contributed by atoms with Crippen LogP contribution in [0.2, 0.25) is 0 Å². The van der Waals surface area contributed by atoms with Crippen molar-refractivity contribution in [3.05, 3.63) is 89.7 Å². The number of ether oxygens (including phenoxy) is 1. The van der Waals surface area contributed by atoms with Crippen LogP contribution < -0.4 is 9.64 Å². The number of aliphatic hydroxyl groups is 1. The van der Waals surface area contributed by atoms with Crippen LogP contribution in [0.1, 0.15) is 36.8 Å². The molecule has 0 aliphatic carbocycles. The molecule has 0 spiro atoms. The number of nitrogens with one attached hydrogen (secondary N) is 1. The van der Waals surface area contributed by atoms with Crippen LogP contribution in [0.4, 0.5) is 5.69 Å². The lowest BCUT2D eigenvalue weighted by atomic mass is 9.84. The van der Waals surface area contributed by atoms with E-state index in [-0.39, 0.29) is 0 Å². The Hall–Kier alpha value is -3.82. The van der Waals surface area contributed by atoms with Crippen LogP contribution in [0.3, 0.4) is 0 Å². The Kier molecular flexibility index (Phi) is 4.84. The maximum atomic E-state index is 11.5. The van der Waals surface area contributed by atoms with Gasteiger partial charge in [-0.1, -0.05) is 30.3 Å². The van der Waals surface area contributed by atoms with Crippen molar-refractivity contribution >= 4 is 16.7 Å². The first-order valence-electron chi connectivity index (χ1n) is 10.6. The Morgan fingerprint density at radius 2 is 1.84 bits per heavy atom. The Morgan fingerprint density at radius 1 is 1.09 bits per heavy atom. The molecule has 0 radical (unpaired) electrons. The van der Waals surface area contributed by atoms with Crippen LogP contribution in [-0.2, 0) is 6.54 Å². The van der Waals surface area contributed by atoms with Crippen molar-refractivity contribution in [3.8, 4) is 11.8 Å². The van der Waals surface area contributed by atoms with E-state index in [1.54, 1.807) is 6.07 Å². The number of nitriles is 1. The Morgan fingerprint density at radius 3 is 2.59 bits per heavy atom. The maximum absolute atomic E-state index is 11.5. The fourth-order valence-corrected chi connectivity index (χ4v) is 4.39. The monoisotopic (exact) mass is 424 g/mol. The van der Waals surface area contributed by atoms with Crippen molar-refractivity contribution in [3.63, 3.8) is 0 Å². The predicted octanol–water partition coefficient (Wildman–Crippen LogP) is 4.71. The SMILES string of the molecule is CC1(C)Oc2ccc(C#N)cc2C(N(Cc2nc3ccccc3[nH]2)c2ccccc2)[C@H]1O. The first-order chi connectivity index (χ1) is 15.5. The Bertz CT molecular complexity index is 1270. The van der Waals surface area contributed by atoms with Gasteiger partial charge in [0, 0.05) is 11.3 Å². The van der Waals surface area contributed by atoms with E-state index in [2.05, 4.69) is 16.0 Å². The average molecular weight is 425 g/mol. The van der Waals surface area contributed by atoms with E-state index in [9.17, 15) is 10.4 Å². The molecule has 1 aliphatic heterocycles. The lowest BCUT2D eigenvalue weighted by molar-refractivity contribution is -0.0590. The van der Waals surface area contributed by atoms with E-state index in [0.717, 1.165) is 28.1 Å². The molecule has 0 fully saturated rings. The minimum absolute atomic E-state index is 0.433. The second-order valence-electron chi connectivity index (χ2n) is 8.62. The summed E-state index contributed by atoms with van der Waals surface area (Å²) in [5, 5.41) is 21.0. The lowest BCUT2D eigenvalue weighted by Crippen LogP contribution is -2.53. The molecule has 1 aliphatic rings. The third-order valence-electron chi connectivity index (χ3n) is 6.02. The third-order valence-corrected chi connectivity index (χ3v) is 6.02. The second kappa shape index (κ2) is 7.70. The highest BCUT2D eigenvalue weighted by Gasteiger charge is 2.46. The van der Waals surface area contributed by atoms with Gasteiger partial charge in [0.05, 0.1) is 35.3 Å². The summed E-state index contributed by atoms with van der Waals surface area (Å²) < 4.78 is 6.14. The van der Waals surface area contributed by atoms with Crippen LogP contribution in [0.15, 0.2) is 72.8 Å². The maximum Gasteiger partial charge on any atom is 0.132 e. The van der Waals surface area contributed by atoms with Crippen molar-refractivity contribution in [1.82, 2.24) is 9.97 Å². The van der Waals surface area contributed by atoms with E-state index in [1.807, 2.05) is 80.6 Å². The van der Waals surface area contributed by atoms with Gasteiger partial charge in [-0.2, -0.15) is 5.26 Å². The van der Waals surface area contributed by atoms with Crippen LogP contribution >= 0.6 is 0 Å². The molecule has 6 heteroatoms. The normalized spacial score (nSPS) is 19.1. The van der Waals surface area contributed by atoms with E-state index in [1.165, 1.54) is 0 Å². The summed E-state index contributed by atoms with van der Waals surface area (Å²) in [6.07, 6.45) is -0.839. The fraction of sp³-hybridized carbons (Fsp3) is 0.231. The molecule has 2 N–H and O–H groups in total. The van der Waals surface area contributed by atoms with Crippen molar-refractivity contribution in [2.45, 2.75) is 38.1 Å². The number of anilines is 1. The fourth-order valence-electron chi connectivity index (χ4n) is 4.39. The van der Waals surface area contributed by atoms with Crippen LogP contribution in [0.5, 0.6) is 5.75 Å². The predicted molar refractivity (Wildman–Crippen MR) is 123 cm³/mol. The smallest absolute Gasteiger partial charge is 0.132 e. The molecule has 0 bridgehead atoms. The summed E-state index contributed by atoms with van der Waals surface area (Å²) in [4.78, 5) is 10.3. The number of nitrogens with zero attached hydrogens (tertiary/aromatic N) is 3. The van der Waals surface area contributed by atoms with Gasteiger partial charge in [0.25, 0.3) is 0 Å². The average Bonchev–Trinajstić information content (AvgIpc) is 3.22. The van der Waals surface area contributed by atoms with Gasteiger partial charge in [0.1, 0.15) is 23.3 Å². The molecular formula is C26H24N4O2. The first kappa shape index (κ1) is 20.1. The summed E-state index contributed by atoms with van der Waals surface area (Å²) in [6.45, 7) is 4.22. The molecule has 1 aromatic heterocycles. The highest BCUT2D eigenvalue weighted by molar-refractivity contribution is 5.74. The Balaban J connectivity index is 1.66. The summed E-state index contributed by atoms with van der Waals surface area (Å²) in [5.74, 6) is 1.47. The van der Waals surface area contributed by atoms with Crippen molar-refractivity contribution in [2.24, 2.45) is 0 Å². The number of fused-ring (bicyclic) bond motifs is 2. The first-order valence-corrected chi connectivity index (χ1v) is 10.6. The van der Waals surface area contributed by atoms with Gasteiger partial charge >= 0.3 is 0 Å². The van der Waals surface area contributed by atoms with Gasteiger partial charge in [0.2, 0.25) is 0 Å². The number of aromatic nitrogens is 2. The highest BCUT2D eigenvalue weighted by atomic mass is 16.5. The van der Waals surface area contributed by atoms with Gasteiger partial charge in [-0.3, -0.25) is 0 Å². The van der Waals surface area contributed by atoms with Gasteiger partial charge in [-0.05, 0) is 56.3 Å². The molecule has 32 heavy (non-hydrogen) atoms. The van der Waals surface area contributed by atoms with Crippen molar-refractivity contribution < 1.29 is 9.84 Å². The number of hydrogen-bond acceptors (Lipinski definition) is 5. The van der Waals surface area contributed by atoms with Crippen LogP contribution in [0.25, 0.3) is 11.0 Å². The number of para-hydroxylation sites is 3. The van der Waals surface area contributed by atoms with E-state index in [4.69, 9.17) is 9.72 Å². The molecule has 0 amide bonds. The number of aliphatic hydroxyl groups excluding tert-OH is 1. The zero-order valence-electron chi connectivity index (χ0n) is 18.0. The zero-order valence-corrected chi connectivity index (χ0v) is 18.0. The lowest BCUT2D eigenvalue weighted by Gasteiger charge is -2.47. The Labute approximate surface area is 186 Å². The highest BCUT2D eigenvalue weighted by Crippen LogP contribution is 2.45. The number of imidazole rings is 1.